The largest absolute Gasteiger partial charge is 0.492 e. The molecule has 0 aliphatic carbocycles. The van der Waals surface area contributed by atoms with Crippen molar-refractivity contribution in [3.05, 3.63) is 32.8 Å². The second-order valence-corrected chi connectivity index (χ2v) is 4.19. The topological polar surface area (TPSA) is 76.2 Å². The van der Waals surface area contributed by atoms with Gasteiger partial charge in [-0.2, -0.15) is 5.26 Å². The van der Waals surface area contributed by atoms with Gasteiger partial charge in [0, 0.05) is 12.5 Å². The lowest BCUT2D eigenvalue weighted by Crippen LogP contribution is -1.98. The number of non-ortho nitro benzene ring substituents is 1. The van der Waals surface area contributed by atoms with E-state index in [0.29, 0.717) is 23.2 Å². The SMILES string of the molecule is N#CCCCCOc1cc([N+](=O)[O-])ccc1Br. The van der Waals surface area contributed by atoms with Crippen molar-refractivity contribution in [2.45, 2.75) is 19.3 Å². The third-order valence-corrected chi connectivity index (χ3v) is 2.72. The van der Waals surface area contributed by atoms with Gasteiger partial charge in [0.15, 0.2) is 0 Å². The summed E-state index contributed by atoms with van der Waals surface area (Å²) in [5, 5.41) is 18.9. The van der Waals surface area contributed by atoms with Crippen LogP contribution in [0.3, 0.4) is 0 Å². The summed E-state index contributed by atoms with van der Waals surface area (Å²) >= 11 is 3.26. The highest BCUT2D eigenvalue weighted by atomic mass is 79.9. The summed E-state index contributed by atoms with van der Waals surface area (Å²) in [5.74, 6) is 0.455. The van der Waals surface area contributed by atoms with Crippen LogP contribution in [0.2, 0.25) is 0 Å². The third-order valence-electron chi connectivity index (χ3n) is 2.07. The third kappa shape index (κ3) is 4.41. The van der Waals surface area contributed by atoms with Gasteiger partial charge >= 0.3 is 0 Å². The van der Waals surface area contributed by atoms with E-state index >= 15 is 0 Å². The number of hydrogen-bond donors (Lipinski definition) is 0. The average Bonchev–Trinajstić information content (AvgIpc) is 2.30. The van der Waals surface area contributed by atoms with Gasteiger partial charge in [-0.1, -0.05) is 0 Å². The lowest BCUT2D eigenvalue weighted by molar-refractivity contribution is -0.385. The standard InChI is InChI=1S/C11H11BrN2O3/c12-10-5-4-9(14(15)16)8-11(10)17-7-3-1-2-6-13/h4-5,8H,1-3,7H2. The molecule has 0 amide bonds. The molecular formula is C11H11BrN2O3. The zero-order valence-electron chi connectivity index (χ0n) is 9.06. The molecule has 0 saturated heterocycles. The van der Waals surface area contributed by atoms with Crippen LogP contribution >= 0.6 is 15.9 Å². The first-order chi connectivity index (χ1) is 8.15. The summed E-state index contributed by atoms with van der Waals surface area (Å²) in [6.07, 6.45) is 2.02. The molecule has 5 nitrogen and oxygen atoms in total. The van der Waals surface area contributed by atoms with Crippen molar-refractivity contribution in [1.82, 2.24) is 0 Å². The van der Waals surface area contributed by atoms with Crippen LogP contribution in [0.5, 0.6) is 5.75 Å². The molecule has 0 aromatic heterocycles. The summed E-state index contributed by atoms with van der Waals surface area (Å²) in [4.78, 5) is 10.1. The molecule has 90 valence electrons. The van der Waals surface area contributed by atoms with Crippen molar-refractivity contribution < 1.29 is 9.66 Å². The maximum atomic E-state index is 10.6. The second kappa shape index (κ2) is 6.86. The molecule has 0 radical (unpaired) electrons. The lowest BCUT2D eigenvalue weighted by Gasteiger charge is -2.07. The Morgan fingerprint density at radius 3 is 2.88 bits per heavy atom. The van der Waals surface area contributed by atoms with Crippen LogP contribution in [0.15, 0.2) is 22.7 Å². The molecule has 0 spiro atoms. The molecule has 1 rings (SSSR count). The molecular weight excluding hydrogens is 288 g/mol. The van der Waals surface area contributed by atoms with Crippen LogP contribution < -0.4 is 4.74 Å². The van der Waals surface area contributed by atoms with E-state index in [-0.39, 0.29) is 5.69 Å². The minimum Gasteiger partial charge on any atom is -0.492 e. The number of nitrogens with zero attached hydrogens (tertiary/aromatic N) is 2. The highest BCUT2D eigenvalue weighted by Crippen LogP contribution is 2.29. The average molecular weight is 299 g/mol. The number of hydrogen-bond acceptors (Lipinski definition) is 4. The van der Waals surface area contributed by atoms with Gasteiger partial charge in [-0.15, -0.1) is 0 Å². The first-order valence-corrected chi connectivity index (χ1v) is 5.88. The predicted octanol–water partition coefficient (Wildman–Crippen LogP) is 3.43. The van der Waals surface area contributed by atoms with Crippen molar-refractivity contribution >= 4 is 21.6 Å². The molecule has 1 aromatic rings. The van der Waals surface area contributed by atoms with Gasteiger partial charge in [-0.25, -0.2) is 0 Å². The Balaban J connectivity index is 2.55. The van der Waals surface area contributed by atoms with E-state index < -0.39 is 4.92 Å². The van der Waals surface area contributed by atoms with Gasteiger partial charge in [0.05, 0.1) is 28.1 Å². The molecule has 0 saturated carbocycles. The number of nitro groups is 1. The Morgan fingerprint density at radius 1 is 1.47 bits per heavy atom. The van der Waals surface area contributed by atoms with E-state index in [1.54, 1.807) is 6.07 Å². The quantitative estimate of drug-likeness (QED) is 0.458. The Bertz CT molecular complexity index is 443. The molecule has 0 aliphatic heterocycles. The number of unbranched alkanes of at least 4 members (excludes halogenated alkanes) is 2. The number of rotatable bonds is 6. The van der Waals surface area contributed by atoms with Gasteiger partial charge in [0.25, 0.3) is 5.69 Å². The van der Waals surface area contributed by atoms with Gasteiger partial charge in [0.1, 0.15) is 5.75 Å². The normalized spacial score (nSPS) is 9.65. The van der Waals surface area contributed by atoms with E-state index in [0.717, 1.165) is 12.8 Å². The minimum absolute atomic E-state index is 0.000208. The number of halogens is 1. The Kier molecular flexibility index (Phi) is 5.43. The van der Waals surface area contributed by atoms with Crippen molar-refractivity contribution in [2.75, 3.05) is 6.61 Å². The summed E-state index contributed by atoms with van der Waals surface area (Å²) in [6.45, 7) is 0.446. The van der Waals surface area contributed by atoms with Crippen LogP contribution in [0, 0.1) is 21.4 Å². The smallest absolute Gasteiger partial charge is 0.273 e. The van der Waals surface area contributed by atoms with Crippen LogP contribution in [-0.2, 0) is 0 Å². The molecule has 6 heteroatoms. The Hall–Kier alpha value is -1.61. The van der Waals surface area contributed by atoms with Crippen molar-refractivity contribution in [1.29, 1.82) is 5.26 Å². The molecule has 0 fully saturated rings. The van der Waals surface area contributed by atoms with E-state index in [2.05, 4.69) is 15.9 Å². The molecule has 1 aromatic carbocycles. The first-order valence-electron chi connectivity index (χ1n) is 5.09. The van der Waals surface area contributed by atoms with Crippen LogP contribution in [-0.4, -0.2) is 11.5 Å². The predicted molar refractivity (Wildman–Crippen MR) is 65.8 cm³/mol. The molecule has 17 heavy (non-hydrogen) atoms. The van der Waals surface area contributed by atoms with E-state index in [1.807, 2.05) is 6.07 Å². The second-order valence-electron chi connectivity index (χ2n) is 3.34. The van der Waals surface area contributed by atoms with Crippen molar-refractivity contribution in [2.24, 2.45) is 0 Å². The zero-order valence-corrected chi connectivity index (χ0v) is 10.6. The lowest BCUT2D eigenvalue weighted by atomic mass is 10.2. The van der Waals surface area contributed by atoms with Gasteiger partial charge in [-0.3, -0.25) is 10.1 Å². The molecule has 0 bridgehead atoms. The monoisotopic (exact) mass is 298 g/mol. The van der Waals surface area contributed by atoms with Crippen molar-refractivity contribution in [3.8, 4) is 11.8 Å². The van der Waals surface area contributed by atoms with Gasteiger partial charge < -0.3 is 4.74 Å². The zero-order chi connectivity index (χ0) is 12.7. The highest BCUT2D eigenvalue weighted by Gasteiger charge is 2.10. The Morgan fingerprint density at radius 2 is 2.24 bits per heavy atom. The van der Waals surface area contributed by atoms with Crippen molar-refractivity contribution in [3.63, 3.8) is 0 Å². The Labute approximate surface area is 107 Å². The van der Waals surface area contributed by atoms with Crippen LogP contribution in [0.1, 0.15) is 19.3 Å². The van der Waals surface area contributed by atoms with Crippen LogP contribution in [0.25, 0.3) is 0 Å². The summed E-state index contributed by atoms with van der Waals surface area (Å²) in [6, 6.07) is 6.43. The molecule has 0 aliphatic rings. The van der Waals surface area contributed by atoms with E-state index in [9.17, 15) is 10.1 Å². The summed E-state index contributed by atoms with van der Waals surface area (Å²) < 4.78 is 6.10. The molecule has 0 heterocycles. The van der Waals surface area contributed by atoms with Gasteiger partial charge in [0.2, 0.25) is 0 Å². The van der Waals surface area contributed by atoms with E-state index in [1.165, 1.54) is 12.1 Å². The van der Waals surface area contributed by atoms with Crippen LogP contribution in [0.4, 0.5) is 5.69 Å². The minimum atomic E-state index is -0.463. The molecule has 0 unspecified atom stereocenters. The molecule has 0 N–H and O–H groups in total. The maximum Gasteiger partial charge on any atom is 0.273 e. The van der Waals surface area contributed by atoms with E-state index in [4.69, 9.17) is 10.00 Å². The fourth-order valence-electron chi connectivity index (χ4n) is 1.20. The summed E-state index contributed by atoms with van der Waals surface area (Å²) in [7, 11) is 0. The number of ether oxygens (including phenoxy) is 1. The first kappa shape index (κ1) is 13.5. The van der Waals surface area contributed by atoms with Gasteiger partial charge in [-0.05, 0) is 34.8 Å². The molecule has 0 atom stereocenters. The maximum absolute atomic E-state index is 10.6. The highest BCUT2D eigenvalue weighted by molar-refractivity contribution is 9.10. The summed E-state index contributed by atoms with van der Waals surface area (Å²) in [5.41, 5.74) is 0.000208. The number of nitriles is 1. The fraction of sp³-hybridized carbons (Fsp3) is 0.364. The number of benzene rings is 1. The number of nitro benzene ring substituents is 1. The fourth-order valence-corrected chi connectivity index (χ4v) is 1.57.